The topological polar surface area (TPSA) is 80.1 Å². The Balaban J connectivity index is 1.72. The molecule has 154 valence electrons. The molecule has 1 saturated heterocycles. The molecule has 3 aromatic rings. The van der Waals surface area contributed by atoms with Crippen molar-refractivity contribution in [3.8, 4) is 0 Å². The van der Waals surface area contributed by atoms with Crippen molar-refractivity contribution in [3.05, 3.63) is 42.6 Å². The smallest absolute Gasteiger partial charge is 0.280 e. The van der Waals surface area contributed by atoms with Crippen LogP contribution in [0.5, 0.6) is 0 Å². The molecule has 1 aliphatic heterocycles. The fourth-order valence-corrected chi connectivity index (χ4v) is 5.07. The average molecular weight is 414 g/mol. The molecule has 1 aromatic carbocycles. The number of benzene rings is 1. The van der Waals surface area contributed by atoms with Gasteiger partial charge in [-0.2, -0.15) is 8.42 Å². The quantitative estimate of drug-likeness (QED) is 0.687. The zero-order chi connectivity index (χ0) is 20.6. The molecule has 0 spiro atoms. The number of rotatable bonds is 5. The Morgan fingerprint density at radius 1 is 1.07 bits per heavy atom. The Morgan fingerprint density at radius 2 is 1.83 bits per heavy atom. The molecule has 0 aliphatic carbocycles. The van der Waals surface area contributed by atoms with Crippen molar-refractivity contribution < 1.29 is 8.42 Å². The lowest BCUT2D eigenvalue weighted by molar-refractivity contribution is 0.579. The predicted octanol–water partition coefficient (Wildman–Crippen LogP) is 3.88. The second kappa shape index (κ2) is 7.67. The summed E-state index contributed by atoms with van der Waals surface area (Å²) in [5.74, 6) is 0.871. The van der Waals surface area contributed by atoms with Crippen LogP contribution in [-0.2, 0) is 17.1 Å². The van der Waals surface area contributed by atoms with Gasteiger partial charge in [0.2, 0.25) is 0 Å². The largest absolute Gasteiger partial charge is 0.371 e. The van der Waals surface area contributed by atoms with Gasteiger partial charge in [-0.05, 0) is 37.5 Å². The first-order valence-electron chi connectivity index (χ1n) is 10.0. The summed E-state index contributed by atoms with van der Waals surface area (Å²) < 4.78 is 30.5. The van der Waals surface area contributed by atoms with Crippen LogP contribution in [0.1, 0.15) is 44.9 Å². The molecule has 0 saturated carbocycles. The number of hydrogen-bond donors (Lipinski definition) is 1. The zero-order valence-electron chi connectivity index (χ0n) is 17.1. The van der Waals surface area contributed by atoms with Crippen molar-refractivity contribution in [2.45, 2.75) is 44.1 Å². The van der Waals surface area contributed by atoms with E-state index in [-0.39, 0.29) is 10.9 Å². The number of aryl methyl sites for hydroxylation is 1. The van der Waals surface area contributed by atoms with E-state index in [4.69, 9.17) is 0 Å². The number of fused-ring (bicyclic) bond motifs is 1. The second-order valence-electron chi connectivity index (χ2n) is 7.91. The number of hydrogen-bond acceptors (Lipinski definition) is 5. The molecular weight excluding hydrogens is 386 g/mol. The molecular formula is C21H27N5O2S. The van der Waals surface area contributed by atoms with Gasteiger partial charge in [-0.1, -0.05) is 13.8 Å². The summed E-state index contributed by atoms with van der Waals surface area (Å²) in [5.41, 5.74) is 1.65. The maximum Gasteiger partial charge on any atom is 0.280 e. The Labute approximate surface area is 171 Å². The summed E-state index contributed by atoms with van der Waals surface area (Å²) in [7, 11) is -1.99. The van der Waals surface area contributed by atoms with Crippen molar-refractivity contribution in [1.82, 2.24) is 14.5 Å². The van der Waals surface area contributed by atoms with Crippen molar-refractivity contribution in [2.75, 3.05) is 22.7 Å². The van der Waals surface area contributed by atoms with Crippen molar-refractivity contribution in [2.24, 2.45) is 7.05 Å². The van der Waals surface area contributed by atoms with Gasteiger partial charge >= 0.3 is 0 Å². The van der Waals surface area contributed by atoms with Gasteiger partial charge in [0.1, 0.15) is 5.82 Å². The van der Waals surface area contributed by atoms with E-state index < -0.39 is 10.0 Å². The minimum atomic E-state index is -3.80. The lowest BCUT2D eigenvalue weighted by atomic mass is 10.1. The molecule has 0 atom stereocenters. The van der Waals surface area contributed by atoms with Gasteiger partial charge in [0, 0.05) is 61.1 Å². The number of pyridine rings is 1. The first-order chi connectivity index (χ1) is 13.9. The zero-order valence-corrected chi connectivity index (χ0v) is 17.9. The van der Waals surface area contributed by atoms with Gasteiger partial charge < -0.3 is 9.47 Å². The lowest BCUT2D eigenvalue weighted by Crippen LogP contribution is -2.29. The molecule has 1 aliphatic rings. The van der Waals surface area contributed by atoms with Gasteiger partial charge in [-0.25, -0.2) is 4.98 Å². The highest BCUT2D eigenvalue weighted by atomic mass is 32.2. The summed E-state index contributed by atoms with van der Waals surface area (Å²) in [4.78, 5) is 10.9. The molecule has 29 heavy (non-hydrogen) atoms. The van der Waals surface area contributed by atoms with E-state index in [1.165, 1.54) is 19.3 Å². The molecule has 2 aromatic heterocycles. The van der Waals surface area contributed by atoms with E-state index in [2.05, 4.69) is 19.6 Å². The van der Waals surface area contributed by atoms with Crippen molar-refractivity contribution in [1.29, 1.82) is 0 Å². The Kier molecular flexibility index (Phi) is 5.21. The van der Waals surface area contributed by atoms with E-state index in [1.807, 2.05) is 39.1 Å². The standard InChI is InChI=1S/C21H27N5O2S/c1-15(2)21-23-20(14-25(21)3)29(27,28)24-18-7-8-19(26-11-5-4-6-12-26)16-9-10-22-13-17(16)18/h7-10,13-15,24H,4-6,11-12H2,1-3H3. The SMILES string of the molecule is CC(C)c1nc(S(=O)(=O)Nc2ccc(N3CCCCC3)c3ccncc23)cn1C. The van der Waals surface area contributed by atoms with Crippen LogP contribution in [0.3, 0.4) is 0 Å². The first kappa shape index (κ1) is 19.7. The summed E-state index contributed by atoms with van der Waals surface area (Å²) in [6, 6.07) is 5.79. The van der Waals surface area contributed by atoms with E-state index in [1.54, 1.807) is 23.2 Å². The third-order valence-corrected chi connectivity index (χ3v) is 6.65. The average Bonchev–Trinajstić information content (AvgIpc) is 3.12. The number of aromatic nitrogens is 3. The third kappa shape index (κ3) is 3.81. The number of nitrogens with one attached hydrogen (secondary N) is 1. The highest BCUT2D eigenvalue weighted by molar-refractivity contribution is 7.92. The van der Waals surface area contributed by atoms with Crippen LogP contribution in [0.4, 0.5) is 11.4 Å². The number of sulfonamides is 1. The minimum Gasteiger partial charge on any atom is -0.371 e. The van der Waals surface area contributed by atoms with Gasteiger partial charge in [-0.3, -0.25) is 9.71 Å². The van der Waals surface area contributed by atoms with Gasteiger partial charge in [-0.15, -0.1) is 0 Å². The number of nitrogens with zero attached hydrogens (tertiary/aromatic N) is 4. The summed E-state index contributed by atoms with van der Waals surface area (Å²) in [5, 5.41) is 1.83. The summed E-state index contributed by atoms with van der Waals surface area (Å²) in [6.45, 7) is 6.03. The third-order valence-electron chi connectivity index (χ3n) is 5.42. The van der Waals surface area contributed by atoms with E-state index in [0.29, 0.717) is 5.69 Å². The lowest BCUT2D eigenvalue weighted by Gasteiger charge is -2.30. The van der Waals surface area contributed by atoms with Crippen LogP contribution >= 0.6 is 0 Å². The Morgan fingerprint density at radius 3 is 2.52 bits per heavy atom. The van der Waals surface area contributed by atoms with Crippen LogP contribution in [0, 0.1) is 0 Å². The van der Waals surface area contributed by atoms with Crippen LogP contribution in [-0.4, -0.2) is 36.0 Å². The summed E-state index contributed by atoms with van der Waals surface area (Å²) >= 11 is 0. The number of imidazole rings is 1. The maximum absolute atomic E-state index is 13.0. The van der Waals surface area contributed by atoms with Crippen molar-refractivity contribution in [3.63, 3.8) is 0 Å². The molecule has 0 bridgehead atoms. The van der Waals surface area contributed by atoms with E-state index in [0.717, 1.165) is 35.4 Å². The second-order valence-corrected chi connectivity index (χ2v) is 9.54. The van der Waals surface area contributed by atoms with Crippen LogP contribution in [0.15, 0.2) is 41.8 Å². The number of anilines is 2. The molecule has 1 N–H and O–H groups in total. The predicted molar refractivity (Wildman–Crippen MR) is 116 cm³/mol. The molecule has 7 nitrogen and oxygen atoms in total. The fourth-order valence-electron chi connectivity index (χ4n) is 3.99. The van der Waals surface area contributed by atoms with Gasteiger partial charge in [0.15, 0.2) is 5.03 Å². The highest BCUT2D eigenvalue weighted by Gasteiger charge is 2.23. The molecule has 0 amide bonds. The van der Waals surface area contributed by atoms with Crippen LogP contribution < -0.4 is 9.62 Å². The Hall–Kier alpha value is -2.61. The highest BCUT2D eigenvalue weighted by Crippen LogP contribution is 2.34. The number of piperidine rings is 1. The molecule has 1 fully saturated rings. The van der Waals surface area contributed by atoms with Gasteiger partial charge in [0.05, 0.1) is 5.69 Å². The molecule has 3 heterocycles. The first-order valence-corrected chi connectivity index (χ1v) is 11.5. The van der Waals surface area contributed by atoms with Crippen molar-refractivity contribution >= 4 is 32.2 Å². The molecule has 8 heteroatoms. The van der Waals surface area contributed by atoms with E-state index >= 15 is 0 Å². The van der Waals surface area contributed by atoms with E-state index in [9.17, 15) is 8.42 Å². The fraction of sp³-hybridized carbons (Fsp3) is 0.429. The minimum absolute atomic E-state index is 0.0286. The maximum atomic E-state index is 13.0. The molecule has 4 rings (SSSR count). The van der Waals surface area contributed by atoms with Crippen LogP contribution in [0.2, 0.25) is 0 Å². The molecule has 0 radical (unpaired) electrons. The van der Waals surface area contributed by atoms with Crippen LogP contribution in [0.25, 0.3) is 10.8 Å². The molecule has 0 unspecified atom stereocenters. The normalized spacial score (nSPS) is 15.2. The Bertz CT molecular complexity index is 1130. The monoisotopic (exact) mass is 413 g/mol. The van der Waals surface area contributed by atoms with Gasteiger partial charge in [0.25, 0.3) is 10.0 Å². The summed E-state index contributed by atoms with van der Waals surface area (Å²) in [6.07, 6.45) is 8.65.